The van der Waals surface area contributed by atoms with Gasteiger partial charge in [-0.3, -0.25) is 14.5 Å². The fraction of sp³-hybridized carbons (Fsp3) is 0.818. The van der Waals surface area contributed by atoms with Crippen LogP contribution in [0.3, 0.4) is 0 Å². The second kappa shape index (κ2) is 6.56. The number of nitrogens with two attached hydrogens (primary N) is 1. The molecule has 0 atom stereocenters. The van der Waals surface area contributed by atoms with Crippen molar-refractivity contribution in [2.75, 3.05) is 40.3 Å². The molecule has 0 aromatic heterocycles. The summed E-state index contributed by atoms with van der Waals surface area (Å²) < 4.78 is 0. The Morgan fingerprint density at radius 1 is 1.29 bits per heavy atom. The summed E-state index contributed by atoms with van der Waals surface area (Å²) in [6.45, 7) is 1.62. The van der Waals surface area contributed by atoms with E-state index >= 15 is 0 Å². The second-order valence-electron chi connectivity index (χ2n) is 4.62. The Kier molecular flexibility index (Phi) is 5.37. The minimum absolute atomic E-state index is 0.0631. The molecule has 0 aromatic rings. The minimum atomic E-state index is -0.0789. The highest BCUT2D eigenvalue weighted by Crippen LogP contribution is 2.18. The van der Waals surface area contributed by atoms with Crippen molar-refractivity contribution >= 4 is 11.8 Å². The van der Waals surface area contributed by atoms with E-state index < -0.39 is 0 Å². The summed E-state index contributed by atoms with van der Waals surface area (Å²) in [6, 6.07) is 0.339. The van der Waals surface area contributed by atoms with Crippen LogP contribution in [0.25, 0.3) is 0 Å². The standard InChI is InChI=1S/C11H22N4O2/c1-14(6-5-12)8-11(17)15(2)7-10(16)13-9-3-4-9/h9H,3-8,12H2,1-2H3,(H,13,16). The lowest BCUT2D eigenvalue weighted by Gasteiger charge is -2.21. The topological polar surface area (TPSA) is 78.7 Å². The fourth-order valence-corrected chi connectivity index (χ4v) is 1.46. The van der Waals surface area contributed by atoms with Crippen LogP contribution >= 0.6 is 0 Å². The molecule has 0 spiro atoms. The van der Waals surface area contributed by atoms with Gasteiger partial charge in [-0.1, -0.05) is 0 Å². The Hall–Kier alpha value is -1.14. The molecule has 1 saturated carbocycles. The van der Waals surface area contributed by atoms with Crippen molar-refractivity contribution in [2.45, 2.75) is 18.9 Å². The van der Waals surface area contributed by atoms with Gasteiger partial charge in [-0.2, -0.15) is 0 Å². The normalized spacial score (nSPS) is 14.8. The Morgan fingerprint density at radius 2 is 1.94 bits per heavy atom. The zero-order chi connectivity index (χ0) is 12.8. The van der Waals surface area contributed by atoms with Crippen LogP contribution in [0.5, 0.6) is 0 Å². The molecule has 2 amide bonds. The van der Waals surface area contributed by atoms with Crippen LogP contribution in [0.1, 0.15) is 12.8 Å². The molecule has 0 saturated heterocycles. The minimum Gasteiger partial charge on any atom is -0.352 e. The first-order chi connectivity index (χ1) is 8.02. The quantitative estimate of drug-likeness (QED) is 0.576. The summed E-state index contributed by atoms with van der Waals surface area (Å²) in [6.07, 6.45) is 2.12. The average molecular weight is 242 g/mol. The molecule has 1 rings (SSSR count). The molecule has 0 aliphatic heterocycles. The molecule has 6 heteroatoms. The highest BCUT2D eigenvalue weighted by Gasteiger charge is 2.24. The number of nitrogens with zero attached hydrogens (tertiary/aromatic N) is 2. The van der Waals surface area contributed by atoms with Crippen LogP contribution in [0.2, 0.25) is 0 Å². The fourth-order valence-electron chi connectivity index (χ4n) is 1.46. The Morgan fingerprint density at radius 3 is 2.47 bits per heavy atom. The van der Waals surface area contributed by atoms with Gasteiger partial charge in [0.15, 0.2) is 0 Å². The van der Waals surface area contributed by atoms with E-state index in [0.29, 0.717) is 25.7 Å². The van der Waals surface area contributed by atoms with Gasteiger partial charge < -0.3 is 16.0 Å². The number of rotatable bonds is 7. The summed E-state index contributed by atoms with van der Waals surface area (Å²) in [7, 11) is 3.48. The molecule has 6 nitrogen and oxygen atoms in total. The Labute approximate surface area is 102 Å². The van der Waals surface area contributed by atoms with E-state index in [0.717, 1.165) is 12.8 Å². The number of amides is 2. The van der Waals surface area contributed by atoms with E-state index in [1.807, 2.05) is 11.9 Å². The average Bonchev–Trinajstić information content (AvgIpc) is 3.01. The van der Waals surface area contributed by atoms with Crippen molar-refractivity contribution in [1.29, 1.82) is 0 Å². The summed E-state index contributed by atoms with van der Waals surface area (Å²) in [4.78, 5) is 26.5. The summed E-state index contributed by atoms with van der Waals surface area (Å²) in [5.41, 5.74) is 5.39. The van der Waals surface area contributed by atoms with Crippen molar-refractivity contribution in [3.63, 3.8) is 0 Å². The van der Waals surface area contributed by atoms with Crippen molar-refractivity contribution in [3.05, 3.63) is 0 Å². The van der Waals surface area contributed by atoms with E-state index in [-0.39, 0.29) is 18.4 Å². The molecule has 3 N–H and O–H groups in total. The van der Waals surface area contributed by atoms with Crippen LogP contribution in [0, 0.1) is 0 Å². The lowest BCUT2D eigenvalue weighted by Crippen LogP contribution is -2.43. The Bertz CT molecular complexity index is 279. The molecule has 0 aromatic carbocycles. The van der Waals surface area contributed by atoms with Crippen LogP contribution in [0.4, 0.5) is 0 Å². The number of nitrogens with one attached hydrogen (secondary N) is 1. The number of hydrogen-bond acceptors (Lipinski definition) is 4. The molecule has 98 valence electrons. The first-order valence-electron chi connectivity index (χ1n) is 5.95. The largest absolute Gasteiger partial charge is 0.352 e. The van der Waals surface area contributed by atoms with Crippen molar-refractivity contribution < 1.29 is 9.59 Å². The van der Waals surface area contributed by atoms with E-state index in [4.69, 9.17) is 5.73 Å². The zero-order valence-electron chi connectivity index (χ0n) is 10.6. The maximum Gasteiger partial charge on any atom is 0.239 e. The number of carbonyl (C=O) groups is 2. The van der Waals surface area contributed by atoms with E-state index in [9.17, 15) is 9.59 Å². The maximum atomic E-state index is 11.7. The molecule has 0 heterocycles. The first kappa shape index (κ1) is 13.9. The van der Waals surface area contributed by atoms with E-state index in [2.05, 4.69) is 5.32 Å². The van der Waals surface area contributed by atoms with Gasteiger partial charge in [-0.25, -0.2) is 0 Å². The highest BCUT2D eigenvalue weighted by atomic mass is 16.2. The lowest BCUT2D eigenvalue weighted by molar-refractivity contribution is -0.135. The van der Waals surface area contributed by atoms with E-state index in [1.165, 1.54) is 4.90 Å². The molecular weight excluding hydrogens is 220 g/mol. The first-order valence-corrected chi connectivity index (χ1v) is 5.95. The van der Waals surface area contributed by atoms with Crippen LogP contribution in [-0.2, 0) is 9.59 Å². The lowest BCUT2D eigenvalue weighted by atomic mass is 10.4. The zero-order valence-corrected chi connectivity index (χ0v) is 10.6. The van der Waals surface area contributed by atoms with Gasteiger partial charge in [-0.05, 0) is 19.9 Å². The van der Waals surface area contributed by atoms with Gasteiger partial charge in [0.25, 0.3) is 0 Å². The molecule has 0 unspecified atom stereocenters. The second-order valence-corrected chi connectivity index (χ2v) is 4.62. The van der Waals surface area contributed by atoms with Gasteiger partial charge in [-0.15, -0.1) is 0 Å². The van der Waals surface area contributed by atoms with Gasteiger partial charge in [0.2, 0.25) is 11.8 Å². The van der Waals surface area contributed by atoms with Gasteiger partial charge in [0.05, 0.1) is 13.1 Å². The van der Waals surface area contributed by atoms with Crippen LogP contribution < -0.4 is 11.1 Å². The molecule has 0 radical (unpaired) electrons. The molecular formula is C11H22N4O2. The summed E-state index contributed by atoms with van der Waals surface area (Å²) in [5.74, 6) is -0.142. The third-order valence-electron chi connectivity index (χ3n) is 2.66. The predicted molar refractivity (Wildman–Crippen MR) is 65.4 cm³/mol. The van der Waals surface area contributed by atoms with Crippen molar-refractivity contribution in [3.8, 4) is 0 Å². The van der Waals surface area contributed by atoms with Crippen LogP contribution in [0.15, 0.2) is 0 Å². The SMILES string of the molecule is CN(CCN)CC(=O)N(C)CC(=O)NC1CC1. The summed E-state index contributed by atoms with van der Waals surface area (Å²) >= 11 is 0. The molecule has 0 bridgehead atoms. The third kappa shape index (κ3) is 5.65. The predicted octanol–water partition coefficient (Wildman–Crippen LogP) is -1.39. The highest BCUT2D eigenvalue weighted by molar-refractivity contribution is 5.85. The number of hydrogen-bond donors (Lipinski definition) is 2. The molecule has 1 fully saturated rings. The maximum absolute atomic E-state index is 11.7. The Balaban J connectivity index is 2.22. The van der Waals surface area contributed by atoms with Crippen molar-refractivity contribution in [1.82, 2.24) is 15.1 Å². The summed E-state index contributed by atoms with van der Waals surface area (Å²) in [5, 5.41) is 2.85. The van der Waals surface area contributed by atoms with Gasteiger partial charge in [0.1, 0.15) is 0 Å². The van der Waals surface area contributed by atoms with E-state index in [1.54, 1.807) is 7.05 Å². The molecule has 17 heavy (non-hydrogen) atoms. The smallest absolute Gasteiger partial charge is 0.239 e. The molecule has 1 aliphatic carbocycles. The van der Waals surface area contributed by atoms with Crippen molar-refractivity contribution in [2.24, 2.45) is 5.73 Å². The van der Waals surface area contributed by atoms with Gasteiger partial charge in [0, 0.05) is 26.2 Å². The molecule has 1 aliphatic rings. The number of likely N-dealkylation sites (N-methyl/N-ethyl adjacent to an activating group) is 2. The van der Waals surface area contributed by atoms with Crippen LogP contribution in [-0.4, -0.2) is 67.9 Å². The monoisotopic (exact) mass is 242 g/mol. The van der Waals surface area contributed by atoms with Gasteiger partial charge >= 0.3 is 0 Å². The third-order valence-corrected chi connectivity index (χ3v) is 2.66. The number of carbonyl (C=O) groups excluding carboxylic acids is 2.